The van der Waals surface area contributed by atoms with Crippen molar-refractivity contribution in [2.24, 2.45) is 11.1 Å². The molecule has 0 radical (unpaired) electrons. The van der Waals surface area contributed by atoms with Gasteiger partial charge in [-0.25, -0.2) is 0 Å². The Morgan fingerprint density at radius 2 is 2.17 bits per heavy atom. The van der Waals surface area contributed by atoms with E-state index >= 15 is 0 Å². The van der Waals surface area contributed by atoms with Gasteiger partial charge in [0, 0.05) is 18.8 Å². The fourth-order valence-corrected chi connectivity index (χ4v) is 2.53. The molecule has 2 nitrogen and oxygen atoms in total. The minimum Gasteiger partial charge on any atom is -0.401 e. The summed E-state index contributed by atoms with van der Waals surface area (Å²) >= 11 is 0. The molecule has 0 aromatic carbocycles. The predicted molar refractivity (Wildman–Crippen MR) is 50.7 cm³/mol. The van der Waals surface area contributed by atoms with Crippen LogP contribution in [0.15, 0.2) is 12.3 Å². The van der Waals surface area contributed by atoms with E-state index in [1.165, 1.54) is 38.8 Å². The van der Waals surface area contributed by atoms with Gasteiger partial charge in [-0.15, -0.1) is 0 Å². The SMILES string of the molecule is C=C(N)CN1CCC2(CCC2)C1. The van der Waals surface area contributed by atoms with E-state index in [1.807, 2.05) is 0 Å². The summed E-state index contributed by atoms with van der Waals surface area (Å²) < 4.78 is 0. The van der Waals surface area contributed by atoms with Gasteiger partial charge in [-0.05, 0) is 31.2 Å². The van der Waals surface area contributed by atoms with E-state index in [1.54, 1.807) is 0 Å². The Bertz CT molecular complexity index is 194. The molecule has 2 fully saturated rings. The second-order valence-electron chi connectivity index (χ2n) is 4.47. The van der Waals surface area contributed by atoms with E-state index in [0.29, 0.717) is 5.41 Å². The summed E-state index contributed by atoms with van der Waals surface area (Å²) in [5.41, 5.74) is 7.10. The third-order valence-corrected chi connectivity index (χ3v) is 3.36. The molecule has 2 heteroatoms. The zero-order valence-corrected chi connectivity index (χ0v) is 7.68. The smallest absolute Gasteiger partial charge is 0.0373 e. The first kappa shape index (κ1) is 8.11. The van der Waals surface area contributed by atoms with Crippen molar-refractivity contribution >= 4 is 0 Å². The number of likely N-dealkylation sites (tertiary alicyclic amines) is 1. The van der Waals surface area contributed by atoms with Gasteiger partial charge < -0.3 is 5.73 Å². The maximum absolute atomic E-state index is 5.58. The average Bonchev–Trinajstić information content (AvgIpc) is 2.29. The van der Waals surface area contributed by atoms with Gasteiger partial charge >= 0.3 is 0 Å². The highest BCUT2D eigenvalue weighted by Gasteiger charge is 2.42. The molecule has 1 saturated heterocycles. The van der Waals surface area contributed by atoms with Crippen LogP contribution in [0, 0.1) is 5.41 Å². The van der Waals surface area contributed by atoms with Crippen molar-refractivity contribution in [2.45, 2.75) is 25.7 Å². The highest BCUT2D eigenvalue weighted by molar-refractivity contribution is 4.99. The van der Waals surface area contributed by atoms with Crippen LogP contribution in [0.1, 0.15) is 25.7 Å². The van der Waals surface area contributed by atoms with Crippen molar-refractivity contribution in [3.8, 4) is 0 Å². The van der Waals surface area contributed by atoms with Gasteiger partial charge in [0.05, 0.1) is 0 Å². The third kappa shape index (κ3) is 1.36. The van der Waals surface area contributed by atoms with Crippen molar-refractivity contribution in [1.29, 1.82) is 0 Å². The van der Waals surface area contributed by atoms with Crippen molar-refractivity contribution in [3.63, 3.8) is 0 Å². The maximum Gasteiger partial charge on any atom is 0.0373 e. The lowest BCUT2D eigenvalue weighted by molar-refractivity contribution is 0.141. The average molecular weight is 166 g/mol. The molecule has 0 aromatic rings. The largest absolute Gasteiger partial charge is 0.401 e. The summed E-state index contributed by atoms with van der Waals surface area (Å²) in [5, 5.41) is 0. The molecule has 2 rings (SSSR count). The van der Waals surface area contributed by atoms with E-state index in [-0.39, 0.29) is 0 Å². The molecule has 68 valence electrons. The van der Waals surface area contributed by atoms with Crippen LogP contribution >= 0.6 is 0 Å². The standard InChI is InChI=1S/C10H18N2/c1-9(11)7-12-6-5-10(8-12)3-2-4-10/h1-8,11H2. The minimum absolute atomic E-state index is 0.704. The van der Waals surface area contributed by atoms with Crippen molar-refractivity contribution < 1.29 is 0 Å². The molecular weight excluding hydrogens is 148 g/mol. The summed E-state index contributed by atoms with van der Waals surface area (Å²) in [4.78, 5) is 2.45. The maximum atomic E-state index is 5.58. The Balaban J connectivity index is 1.85. The van der Waals surface area contributed by atoms with Crippen LogP contribution in [-0.4, -0.2) is 24.5 Å². The van der Waals surface area contributed by atoms with E-state index in [9.17, 15) is 0 Å². The van der Waals surface area contributed by atoms with Gasteiger partial charge in [0.2, 0.25) is 0 Å². The number of nitrogens with zero attached hydrogens (tertiary/aromatic N) is 1. The number of nitrogens with two attached hydrogens (primary N) is 1. The molecule has 1 heterocycles. The molecule has 1 spiro atoms. The number of hydrogen-bond donors (Lipinski definition) is 1. The Kier molecular flexibility index (Phi) is 1.87. The molecular formula is C10H18N2. The van der Waals surface area contributed by atoms with Crippen LogP contribution in [0.5, 0.6) is 0 Å². The zero-order chi connectivity index (χ0) is 8.60. The Morgan fingerprint density at radius 1 is 1.42 bits per heavy atom. The minimum atomic E-state index is 0.704. The van der Waals surface area contributed by atoms with E-state index in [4.69, 9.17) is 5.73 Å². The Hall–Kier alpha value is -0.500. The normalized spacial score (nSPS) is 27.3. The van der Waals surface area contributed by atoms with Crippen LogP contribution in [0.4, 0.5) is 0 Å². The highest BCUT2D eigenvalue weighted by atomic mass is 15.2. The molecule has 0 amide bonds. The van der Waals surface area contributed by atoms with Gasteiger partial charge in [-0.1, -0.05) is 13.0 Å². The van der Waals surface area contributed by atoms with Gasteiger partial charge in [0.15, 0.2) is 0 Å². The fourth-order valence-electron chi connectivity index (χ4n) is 2.53. The van der Waals surface area contributed by atoms with E-state index < -0.39 is 0 Å². The van der Waals surface area contributed by atoms with Gasteiger partial charge in [0.25, 0.3) is 0 Å². The van der Waals surface area contributed by atoms with E-state index in [2.05, 4.69) is 11.5 Å². The molecule has 12 heavy (non-hydrogen) atoms. The summed E-state index contributed by atoms with van der Waals surface area (Å²) in [6, 6.07) is 0. The first-order valence-electron chi connectivity index (χ1n) is 4.86. The van der Waals surface area contributed by atoms with Crippen LogP contribution in [0.25, 0.3) is 0 Å². The highest BCUT2D eigenvalue weighted by Crippen LogP contribution is 2.47. The summed E-state index contributed by atoms with van der Waals surface area (Å²) in [5.74, 6) is 0. The Morgan fingerprint density at radius 3 is 2.58 bits per heavy atom. The van der Waals surface area contributed by atoms with Gasteiger partial charge in [-0.2, -0.15) is 0 Å². The summed E-state index contributed by atoms with van der Waals surface area (Å²) in [6.07, 6.45) is 5.72. The first-order valence-corrected chi connectivity index (χ1v) is 4.86. The van der Waals surface area contributed by atoms with Crippen molar-refractivity contribution in [1.82, 2.24) is 4.90 Å². The summed E-state index contributed by atoms with van der Waals surface area (Å²) in [6.45, 7) is 7.15. The molecule has 2 N–H and O–H groups in total. The molecule has 1 aliphatic carbocycles. The molecule has 0 atom stereocenters. The first-order chi connectivity index (χ1) is 5.70. The van der Waals surface area contributed by atoms with Crippen molar-refractivity contribution in [2.75, 3.05) is 19.6 Å². The van der Waals surface area contributed by atoms with Crippen molar-refractivity contribution in [3.05, 3.63) is 12.3 Å². The van der Waals surface area contributed by atoms with Crippen LogP contribution in [0.3, 0.4) is 0 Å². The summed E-state index contributed by atoms with van der Waals surface area (Å²) in [7, 11) is 0. The topological polar surface area (TPSA) is 29.3 Å². The lowest BCUT2D eigenvalue weighted by atomic mass is 9.68. The number of rotatable bonds is 2. The lowest BCUT2D eigenvalue weighted by Gasteiger charge is -2.38. The molecule has 0 aromatic heterocycles. The Labute approximate surface area is 74.4 Å². The molecule has 1 aliphatic heterocycles. The number of hydrogen-bond acceptors (Lipinski definition) is 2. The quantitative estimate of drug-likeness (QED) is 0.670. The second kappa shape index (κ2) is 2.77. The van der Waals surface area contributed by atoms with Crippen LogP contribution in [0.2, 0.25) is 0 Å². The van der Waals surface area contributed by atoms with Gasteiger partial charge in [0.1, 0.15) is 0 Å². The van der Waals surface area contributed by atoms with Crippen LogP contribution in [-0.2, 0) is 0 Å². The van der Waals surface area contributed by atoms with E-state index in [0.717, 1.165) is 12.2 Å². The molecule has 2 aliphatic rings. The molecule has 0 unspecified atom stereocenters. The monoisotopic (exact) mass is 166 g/mol. The second-order valence-corrected chi connectivity index (χ2v) is 4.47. The third-order valence-electron chi connectivity index (χ3n) is 3.36. The zero-order valence-electron chi connectivity index (χ0n) is 7.68. The predicted octanol–water partition coefficient (Wildman–Crippen LogP) is 1.33. The lowest BCUT2D eigenvalue weighted by Crippen LogP contribution is -2.34. The van der Waals surface area contributed by atoms with Crippen LogP contribution < -0.4 is 5.73 Å². The van der Waals surface area contributed by atoms with Gasteiger partial charge in [-0.3, -0.25) is 4.90 Å². The fraction of sp³-hybridized carbons (Fsp3) is 0.800. The molecule has 0 bridgehead atoms. The molecule has 1 saturated carbocycles.